The number of rotatable bonds is 16. The summed E-state index contributed by atoms with van der Waals surface area (Å²) in [6.45, 7) is 3.67. The molecule has 2 rings (SSSR count). The second kappa shape index (κ2) is 16.0. The number of carbonyl (C=O) groups excluding carboxylic acids is 3. The Morgan fingerprint density at radius 3 is 1.52 bits per heavy atom. The maximum absolute atomic E-state index is 13.5. The summed E-state index contributed by atoms with van der Waals surface area (Å²) in [7, 11) is 0. The van der Waals surface area contributed by atoms with Crippen molar-refractivity contribution in [1.82, 2.24) is 16.0 Å². The number of carboxylic acid groups (broad SMARTS) is 2. The smallest absolute Gasteiger partial charge is 0.326 e. The summed E-state index contributed by atoms with van der Waals surface area (Å²) in [4.78, 5) is 62.2. The fourth-order valence-corrected chi connectivity index (χ4v) is 4.04. The van der Waals surface area contributed by atoms with Gasteiger partial charge < -0.3 is 31.9 Å². The molecule has 11 heteroatoms. The van der Waals surface area contributed by atoms with Crippen LogP contribution in [-0.2, 0) is 36.8 Å². The molecule has 0 saturated carbocycles. The molecular weight excluding hydrogens is 516 g/mol. The van der Waals surface area contributed by atoms with Gasteiger partial charge in [-0.05, 0) is 29.9 Å². The molecular formula is C29H38N4O7. The lowest BCUT2D eigenvalue weighted by atomic mass is 10.0. The molecule has 7 N–H and O–H groups in total. The second-order valence-electron chi connectivity index (χ2n) is 10.1. The van der Waals surface area contributed by atoms with Crippen LogP contribution < -0.4 is 21.7 Å². The minimum absolute atomic E-state index is 0.000588. The molecule has 3 amide bonds. The summed E-state index contributed by atoms with van der Waals surface area (Å²) >= 11 is 0. The van der Waals surface area contributed by atoms with E-state index in [1.165, 1.54) is 0 Å². The topological polar surface area (TPSA) is 188 Å². The predicted octanol–water partition coefficient (Wildman–Crippen LogP) is 1.25. The first-order valence-corrected chi connectivity index (χ1v) is 13.1. The van der Waals surface area contributed by atoms with Crippen molar-refractivity contribution < 1.29 is 34.2 Å². The first-order chi connectivity index (χ1) is 19.0. The SMILES string of the molecule is CC(C)CC(NC(=O)C(Cc1ccccc1)NC(=O)C(Cc1ccccc1)NC(=O)C(N)CCC(=O)O)C(=O)O. The summed E-state index contributed by atoms with van der Waals surface area (Å²) in [6.07, 6.45) is -0.0731. The van der Waals surface area contributed by atoms with Gasteiger partial charge >= 0.3 is 11.9 Å². The van der Waals surface area contributed by atoms with Crippen LogP contribution in [0.5, 0.6) is 0 Å². The minimum atomic E-state index is -1.18. The Morgan fingerprint density at radius 2 is 1.12 bits per heavy atom. The van der Waals surface area contributed by atoms with E-state index in [0.29, 0.717) is 0 Å². The summed E-state index contributed by atoms with van der Waals surface area (Å²) < 4.78 is 0. The third kappa shape index (κ3) is 11.2. The van der Waals surface area contributed by atoms with Crippen molar-refractivity contribution >= 4 is 29.7 Å². The summed E-state index contributed by atoms with van der Waals surface area (Å²) in [5.41, 5.74) is 7.32. The van der Waals surface area contributed by atoms with Gasteiger partial charge in [-0.25, -0.2) is 4.79 Å². The van der Waals surface area contributed by atoms with Gasteiger partial charge in [0.15, 0.2) is 0 Å². The van der Waals surface area contributed by atoms with Gasteiger partial charge in [0, 0.05) is 19.3 Å². The zero-order chi connectivity index (χ0) is 29.7. The van der Waals surface area contributed by atoms with Crippen molar-refractivity contribution in [2.75, 3.05) is 0 Å². The maximum atomic E-state index is 13.5. The quantitative estimate of drug-likeness (QED) is 0.179. The van der Waals surface area contributed by atoms with Gasteiger partial charge in [0.25, 0.3) is 0 Å². The van der Waals surface area contributed by atoms with Crippen molar-refractivity contribution in [2.24, 2.45) is 11.7 Å². The van der Waals surface area contributed by atoms with E-state index in [1.54, 1.807) is 60.7 Å². The molecule has 0 fully saturated rings. The molecule has 0 saturated heterocycles. The number of aliphatic carboxylic acids is 2. The third-order valence-corrected chi connectivity index (χ3v) is 6.16. The average molecular weight is 555 g/mol. The van der Waals surface area contributed by atoms with Crippen LogP contribution in [0.2, 0.25) is 0 Å². The molecule has 0 aliphatic rings. The van der Waals surface area contributed by atoms with E-state index in [1.807, 2.05) is 13.8 Å². The largest absolute Gasteiger partial charge is 0.481 e. The lowest BCUT2D eigenvalue weighted by Crippen LogP contribution is -2.58. The van der Waals surface area contributed by atoms with Gasteiger partial charge in [0.2, 0.25) is 17.7 Å². The van der Waals surface area contributed by atoms with Crippen LogP contribution in [0.15, 0.2) is 60.7 Å². The normalized spacial score (nSPS) is 13.9. The number of amides is 3. The first kappa shape index (κ1) is 32.0. The zero-order valence-electron chi connectivity index (χ0n) is 22.7. The van der Waals surface area contributed by atoms with Crippen LogP contribution in [0.25, 0.3) is 0 Å². The monoisotopic (exact) mass is 554 g/mol. The van der Waals surface area contributed by atoms with Gasteiger partial charge in [0.1, 0.15) is 18.1 Å². The maximum Gasteiger partial charge on any atom is 0.326 e. The molecule has 0 aliphatic carbocycles. The highest BCUT2D eigenvalue weighted by Crippen LogP contribution is 2.10. The second-order valence-corrected chi connectivity index (χ2v) is 10.1. The highest BCUT2D eigenvalue weighted by molar-refractivity contribution is 5.94. The molecule has 4 unspecified atom stereocenters. The number of nitrogens with two attached hydrogens (primary N) is 1. The average Bonchev–Trinajstić information content (AvgIpc) is 2.91. The van der Waals surface area contributed by atoms with Crippen molar-refractivity contribution in [3.63, 3.8) is 0 Å². The van der Waals surface area contributed by atoms with Gasteiger partial charge in [-0.2, -0.15) is 0 Å². The summed E-state index contributed by atoms with van der Waals surface area (Å²) in [6, 6.07) is 13.2. The number of carboxylic acids is 2. The fraction of sp³-hybridized carbons (Fsp3) is 0.414. The molecule has 0 aliphatic heterocycles. The molecule has 0 aromatic heterocycles. The minimum Gasteiger partial charge on any atom is -0.481 e. The van der Waals surface area contributed by atoms with Crippen LogP contribution in [0, 0.1) is 5.92 Å². The molecule has 4 atom stereocenters. The van der Waals surface area contributed by atoms with E-state index < -0.39 is 53.8 Å². The Labute approximate surface area is 233 Å². The Hall–Kier alpha value is -4.25. The molecule has 40 heavy (non-hydrogen) atoms. The number of carbonyl (C=O) groups is 5. The van der Waals surface area contributed by atoms with Gasteiger partial charge in [-0.15, -0.1) is 0 Å². The highest BCUT2D eigenvalue weighted by atomic mass is 16.4. The number of benzene rings is 2. The lowest BCUT2D eigenvalue weighted by molar-refractivity contribution is -0.143. The van der Waals surface area contributed by atoms with Crippen LogP contribution in [-0.4, -0.2) is 64.0 Å². The zero-order valence-corrected chi connectivity index (χ0v) is 22.7. The van der Waals surface area contributed by atoms with E-state index in [9.17, 15) is 29.1 Å². The van der Waals surface area contributed by atoms with Crippen LogP contribution >= 0.6 is 0 Å². The standard InChI is InChI=1S/C29H38N4O7/c1-18(2)15-24(29(39)40)33-28(38)23(17-20-11-7-4-8-12-20)32-27(37)22(16-19-9-5-3-6-10-19)31-26(36)21(30)13-14-25(34)35/h3-12,18,21-24H,13-17,30H2,1-2H3,(H,31,36)(H,32,37)(H,33,38)(H,34,35)(H,39,40). The van der Waals surface area contributed by atoms with Gasteiger partial charge in [-0.1, -0.05) is 74.5 Å². The Morgan fingerprint density at radius 1 is 0.700 bits per heavy atom. The van der Waals surface area contributed by atoms with Gasteiger partial charge in [0.05, 0.1) is 6.04 Å². The van der Waals surface area contributed by atoms with Crippen molar-refractivity contribution in [1.29, 1.82) is 0 Å². The van der Waals surface area contributed by atoms with Gasteiger partial charge in [-0.3, -0.25) is 19.2 Å². The molecule has 0 spiro atoms. The molecule has 0 heterocycles. The van der Waals surface area contributed by atoms with Crippen molar-refractivity contribution in [2.45, 2.75) is 70.1 Å². The van der Waals surface area contributed by atoms with Crippen LogP contribution in [0.4, 0.5) is 0 Å². The molecule has 0 radical (unpaired) electrons. The summed E-state index contributed by atoms with van der Waals surface area (Å²) in [5, 5.41) is 26.3. The number of hydrogen-bond acceptors (Lipinski definition) is 6. The summed E-state index contributed by atoms with van der Waals surface area (Å²) in [5.74, 6) is -4.34. The van der Waals surface area contributed by atoms with Crippen molar-refractivity contribution in [3.05, 3.63) is 71.8 Å². The molecule has 216 valence electrons. The highest BCUT2D eigenvalue weighted by Gasteiger charge is 2.31. The Bertz CT molecular complexity index is 1140. The molecule has 2 aromatic carbocycles. The van der Waals surface area contributed by atoms with Crippen LogP contribution in [0.3, 0.4) is 0 Å². The van der Waals surface area contributed by atoms with Crippen molar-refractivity contribution in [3.8, 4) is 0 Å². The lowest BCUT2D eigenvalue weighted by Gasteiger charge is -2.26. The van der Waals surface area contributed by atoms with Crippen LogP contribution in [0.1, 0.15) is 44.2 Å². The first-order valence-electron chi connectivity index (χ1n) is 13.1. The third-order valence-electron chi connectivity index (χ3n) is 6.16. The fourth-order valence-electron chi connectivity index (χ4n) is 4.04. The van der Waals surface area contributed by atoms with E-state index in [-0.39, 0.29) is 38.0 Å². The molecule has 11 nitrogen and oxygen atoms in total. The molecule has 2 aromatic rings. The Balaban J connectivity index is 2.29. The predicted molar refractivity (Wildman–Crippen MR) is 148 cm³/mol. The van der Waals surface area contributed by atoms with E-state index >= 15 is 0 Å². The number of nitrogens with one attached hydrogen (secondary N) is 3. The molecule has 0 bridgehead atoms. The van der Waals surface area contributed by atoms with E-state index in [4.69, 9.17) is 10.8 Å². The Kier molecular flexibility index (Phi) is 12.8. The van der Waals surface area contributed by atoms with E-state index in [0.717, 1.165) is 11.1 Å². The number of hydrogen-bond donors (Lipinski definition) is 6. The van der Waals surface area contributed by atoms with E-state index in [2.05, 4.69) is 16.0 Å².